The Bertz CT molecular complexity index is 365. The zero-order valence-corrected chi connectivity index (χ0v) is 11.0. The molecule has 1 aromatic carbocycles. The van der Waals surface area contributed by atoms with Crippen molar-refractivity contribution in [2.75, 3.05) is 11.9 Å². The van der Waals surface area contributed by atoms with Crippen LogP contribution in [0.3, 0.4) is 0 Å². The monoisotopic (exact) mass is 214 g/mol. The molecule has 85 valence electrons. The van der Waals surface area contributed by atoms with Crippen molar-refractivity contribution >= 4 is 14.1 Å². The third-order valence-corrected chi connectivity index (χ3v) is 2.69. The standard InChI is InChI=1S/C12H15N.C2H6.B/c1-9(2)12-8-10-6-4-5-7-11(10)13(12)3;1-2;/h4-7H,8H2,1-3H3;1-2H3;. The fourth-order valence-corrected chi connectivity index (χ4v) is 1.94. The lowest BCUT2D eigenvalue weighted by molar-refractivity contribution is 1.05. The minimum atomic E-state index is 0. The van der Waals surface area contributed by atoms with Gasteiger partial charge in [-0.15, -0.1) is 0 Å². The molecule has 0 aromatic heterocycles. The van der Waals surface area contributed by atoms with Crippen molar-refractivity contribution in [3.8, 4) is 0 Å². The van der Waals surface area contributed by atoms with E-state index in [1.807, 2.05) is 13.8 Å². The van der Waals surface area contributed by atoms with Crippen molar-refractivity contribution in [3.63, 3.8) is 0 Å². The Balaban J connectivity index is 0.000000711. The van der Waals surface area contributed by atoms with Crippen LogP contribution in [0.5, 0.6) is 0 Å². The van der Waals surface area contributed by atoms with Gasteiger partial charge in [0.15, 0.2) is 0 Å². The Labute approximate surface area is 102 Å². The predicted octanol–water partition coefficient (Wildman–Crippen LogP) is 3.62. The van der Waals surface area contributed by atoms with Crippen LogP contribution in [0.25, 0.3) is 0 Å². The number of benzene rings is 1. The molecule has 0 bridgehead atoms. The molecule has 0 saturated carbocycles. The average Bonchev–Trinajstić information content (AvgIpc) is 2.60. The van der Waals surface area contributed by atoms with Gasteiger partial charge in [0.25, 0.3) is 0 Å². The fraction of sp³-hybridized carbons (Fsp3) is 0.429. The highest BCUT2D eigenvalue weighted by Crippen LogP contribution is 2.33. The van der Waals surface area contributed by atoms with E-state index < -0.39 is 0 Å². The van der Waals surface area contributed by atoms with Gasteiger partial charge >= 0.3 is 0 Å². The summed E-state index contributed by atoms with van der Waals surface area (Å²) in [4.78, 5) is 2.30. The predicted molar refractivity (Wildman–Crippen MR) is 74.0 cm³/mol. The molecule has 1 aliphatic rings. The molecule has 0 fully saturated rings. The van der Waals surface area contributed by atoms with Gasteiger partial charge in [0.1, 0.15) is 0 Å². The smallest absolute Gasteiger partial charge is 0.0442 e. The van der Waals surface area contributed by atoms with Crippen LogP contribution in [0.15, 0.2) is 35.5 Å². The van der Waals surface area contributed by atoms with E-state index in [9.17, 15) is 0 Å². The van der Waals surface area contributed by atoms with Gasteiger partial charge in [-0.1, -0.05) is 37.6 Å². The van der Waals surface area contributed by atoms with E-state index in [0.717, 1.165) is 6.42 Å². The van der Waals surface area contributed by atoms with Crippen LogP contribution in [0.1, 0.15) is 33.3 Å². The minimum absolute atomic E-state index is 0. The first kappa shape index (κ1) is 14.8. The molecule has 2 heteroatoms. The zero-order valence-electron chi connectivity index (χ0n) is 11.0. The topological polar surface area (TPSA) is 3.24 Å². The SMILES string of the molecule is CC.CC(C)=C1Cc2ccccc2N1C.[B]. The first-order valence-electron chi connectivity index (χ1n) is 5.68. The maximum absolute atomic E-state index is 2.30. The normalized spacial score (nSPS) is 12.3. The summed E-state index contributed by atoms with van der Waals surface area (Å²) < 4.78 is 0. The molecule has 2 rings (SSSR count). The molecule has 3 radical (unpaired) electrons. The van der Waals surface area contributed by atoms with Crippen LogP contribution in [-0.2, 0) is 6.42 Å². The number of fused-ring (bicyclic) bond motifs is 1. The van der Waals surface area contributed by atoms with Gasteiger partial charge in [0, 0.05) is 33.3 Å². The Morgan fingerprint density at radius 3 is 2.19 bits per heavy atom. The van der Waals surface area contributed by atoms with Gasteiger partial charge < -0.3 is 4.90 Å². The molecule has 0 saturated heterocycles. The molecule has 0 amide bonds. The van der Waals surface area contributed by atoms with Gasteiger partial charge in [-0.3, -0.25) is 0 Å². The zero-order chi connectivity index (χ0) is 11.4. The Kier molecular flexibility index (Phi) is 5.95. The third-order valence-electron chi connectivity index (χ3n) is 2.69. The van der Waals surface area contributed by atoms with Gasteiger partial charge in [-0.25, -0.2) is 0 Å². The number of allylic oxidation sites excluding steroid dienone is 2. The summed E-state index contributed by atoms with van der Waals surface area (Å²) in [6.45, 7) is 8.36. The summed E-state index contributed by atoms with van der Waals surface area (Å²) in [5.74, 6) is 0. The lowest BCUT2D eigenvalue weighted by Crippen LogP contribution is -2.12. The van der Waals surface area contributed by atoms with E-state index in [4.69, 9.17) is 0 Å². The highest BCUT2D eigenvalue weighted by Gasteiger charge is 2.20. The molecule has 1 aliphatic heterocycles. The fourth-order valence-electron chi connectivity index (χ4n) is 1.94. The highest BCUT2D eigenvalue weighted by atomic mass is 15.1. The van der Waals surface area contributed by atoms with E-state index in [1.165, 1.54) is 22.5 Å². The molecular weight excluding hydrogens is 193 g/mol. The van der Waals surface area contributed by atoms with Crippen molar-refractivity contribution in [1.82, 2.24) is 0 Å². The Morgan fingerprint density at radius 2 is 1.69 bits per heavy atom. The number of rotatable bonds is 0. The molecule has 1 aromatic rings. The molecule has 1 nitrogen and oxygen atoms in total. The summed E-state index contributed by atoms with van der Waals surface area (Å²) in [5, 5.41) is 0. The molecule has 16 heavy (non-hydrogen) atoms. The van der Waals surface area contributed by atoms with E-state index in [0.29, 0.717) is 0 Å². The van der Waals surface area contributed by atoms with Crippen molar-refractivity contribution in [2.45, 2.75) is 34.1 Å². The van der Waals surface area contributed by atoms with Crippen molar-refractivity contribution in [2.24, 2.45) is 0 Å². The summed E-state index contributed by atoms with van der Waals surface area (Å²) in [7, 11) is 2.15. The van der Waals surface area contributed by atoms with Crippen LogP contribution in [-0.4, -0.2) is 15.5 Å². The first-order valence-corrected chi connectivity index (χ1v) is 5.68. The maximum atomic E-state index is 2.30. The van der Waals surface area contributed by atoms with Gasteiger partial charge in [-0.05, 0) is 25.5 Å². The van der Waals surface area contributed by atoms with E-state index in [1.54, 1.807) is 0 Å². The molecule has 0 aliphatic carbocycles. The number of hydrogen-bond acceptors (Lipinski definition) is 1. The quantitative estimate of drug-likeness (QED) is 0.596. The van der Waals surface area contributed by atoms with Crippen molar-refractivity contribution in [1.29, 1.82) is 0 Å². The lowest BCUT2D eigenvalue weighted by atomic mass is 10.1. The first-order chi connectivity index (χ1) is 7.20. The van der Waals surface area contributed by atoms with Crippen LogP contribution < -0.4 is 4.90 Å². The number of para-hydroxylation sites is 1. The third kappa shape index (κ3) is 2.69. The average molecular weight is 214 g/mol. The minimum Gasteiger partial charge on any atom is -0.348 e. The van der Waals surface area contributed by atoms with Crippen LogP contribution in [0.4, 0.5) is 5.69 Å². The summed E-state index contributed by atoms with van der Waals surface area (Å²) in [6.07, 6.45) is 1.09. The summed E-state index contributed by atoms with van der Waals surface area (Å²) >= 11 is 0. The maximum Gasteiger partial charge on any atom is 0.0442 e. The largest absolute Gasteiger partial charge is 0.348 e. The molecule has 1 heterocycles. The highest BCUT2D eigenvalue weighted by molar-refractivity contribution is 5.75. The van der Waals surface area contributed by atoms with E-state index >= 15 is 0 Å². The van der Waals surface area contributed by atoms with Crippen molar-refractivity contribution < 1.29 is 0 Å². The van der Waals surface area contributed by atoms with Gasteiger partial charge in [0.05, 0.1) is 0 Å². The molecular formula is C14H21BN. The number of nitrogens with zero attached hydrogens (tertiary/aromatic N) is 1. The number of likely N-dealkylation sites (N-methyl/N-ethyl adjacent to an activating group) is 1. The number of anilines is 1. The van der Waals surface area contributed by atoms with Gasteiger partial charge in [-0.2, -0.15) is 0 Å². The summed E-state index contributed by atoms with van der Waals surface area (Å²) in [6, 6.07) is 8.61. The van der Waals surface area contributed by atoms with Crippen LogP contribution >= 0.6 is 0 Å². The van der Waals surface area contributed by atoms with Crippen LogP contribution in [0, 0.1) is 0 Å². The Hall–Kier alpha value is -1.18. The molecule has 0 N–H and O–H groups in total. The van der Waals surface area contributed by atoms with Crippen LogP contribution in [0.2, 0.25) is 0 Å². The second-order valence-corrected chi connectivity index (χ2v) is 3.81. The molecule has 0 spiro atoms. The Morgan fingerprint density at radius 1 is 1.12 bits per heavy atom. The van der Waals surface area contributed by atoms with Crippen molar-refractivity contribution in [3.05, 3.63) is 41.1 Å². The number of hydrogen-bond donors (Lipinski definition) is 0. The molecule has 0 unspecified atom stereocenters. The lowest BCUT2D eigenvalue weighted by Gasteiger charge is -2.15. The second-order valence-electron chi connectivity index (χ2n) is 3.81. The summed E-state index contributed by atoms with van der Waals surface area (Å²) in [5.41, 5.74) is 5.67. The van der Waals surface area contributed by atoms with E-state index in [-0.39, 0.29) is 8.41 Å². The second kappa shape index (κ2) is 6.42. The van der Waals surface area contributed by atoms with E-state index in [2.05, 4.69) is 50.1 Å². The molecule has 0 atom stereocenters. The van der Waals surface area contributed by atoms with Gasteiger partial charge in [0.2, 0.25) is 0 Å².